The first-order valence-corrected chi connectivity index (χ1v) is 7.35. The third-order valence-corrected chi connectivity index (χ3v) is 3.79. The van der Waals surface area contributed by atoms with Crippen molar-refractivity contribution >= 4 is 0 Å². The number of rotatable bonds is 5. The van der Waals surface area contributed by atoms with Crippen LogP contribution in [0.1, 0.15) is 50.2 Å². The molecule has 0 saturated heterocycles. The standard InChI is InChI=1S/C16H24FNO/c1-18-12-16(13-8-10-14(17)11-9-13)19-15-6-4-2-3-5-7-15/h8-11,15-16,18H,2-7,12H2,1H3. The molecule has 0 heterocycles. The summed E-state index contributed by atoms with van der Waals surface area (Å²) in [5.41, 5.74) is 1.06. The minimum Gasteiger partial charge on any atom is -0.369 e. The smallest absolute Gasteiger partial charge is 0.123 e. The van der Waals surface area contributed by atoms with Gasteiger partial charge < -0.3 is 10.1 Å². The van der Waals surface area contributed by atoms with Gasteiger partial charge in [-0.2, -0.15) is 0 Å². The summed E-state index contributed by atoms with van der Waals surface area (Å²) in [6, 6.07) is 6.67. The Hall–Kier alpha value is -0.930. The molecular weight excluding hydrogens is 241 g/mol. The van der Waals surface area contributed by atoms with E-state index in [1.54, 1.807) is 0 Å². The van der Waals surface area contributed by atoms with E-state index in [9.17, 15) is 4.39 Å². The third-order valence-electron chi connectivity index (χ3n) is 3.79. The molecule has 1 unspecified atom stereocenters. The second-order valence-corrected chi connectivity index (χ2v) is 5.35. The van der Waals surface area contributed by atoms with Gasteiger partial charge in [-0.3, -0.25) is 0 Å². The van der Waals surface area contributed by atoms with Gasteiger partial charge in [-0.15, -0.1) is 0 Å². The summed E-state index contributed by atoms with van der Waals surface area (Å²) in [7, 11) is 1.92. The van der Waals surface area contributed by atoms with E-state index in [1.165, 1.54) is 37.8 Å². The number of likely N-dealkylation sites (N-methyl/N-ethyl adjacent to an activating group) is 1. The van der Waals surface area contributed by atoms with Crippen LogP contribution in [0.25, 0.3) is 0 Å². The van der Waals surface area contributed by atoms with Gasteiger partial charge in [-0.1, -0.05) is 37.8 Å². The highest BCUT2D eigenvalue weighted by atomic mass is 19.1. The van der Waals surface area contributed by atoms with Gasteiger partial charge in [-0.05, 0) is 37.6 Å². The zero-order chi connectivity index (χ0) is 13.5. The summed E-state index contributed by atoms with van der Waals surface area (Å²) in [5, 5.41) is 3.17. The Labute approximate surface area is 115 Å². The third kappa shape index (κ3) is 4.59. The summed E-state index contributed by atoms with van der Waals surface area (Å²) < 4.78 is 19.2. The maximum Gasteiger partial charge on any atom is 0.123 e. The van der Waals surface area contributed by atoms with Crippen molar-refractivity contribution < 1.29 is 9.13 Å². The maximum absolute atomic E-state index is 13.0. The number of ether oxygens (including phenoxy) is 1. The molecule has 1 N–H and O–H groups in total. The Morgan fingerprint density at radius 1 is 1.16 bits per heavy atom. The molecule has 1 aliphatic carbocycles. The predicted octanol–water partition coefficient (Wildman–Crippen LogP) is 3.83. The van der Waals surface area contributed by atoms with E-state index in [1.807, 2.05) is 19.2 Å². The Morgan fingerprint density at radius 2 is 1.79 bits per heavy atom. The topological polar surface area (TPSA) is 21.3 Å². The van der Waals surface area contributed by atoms with Gasteiger partial charge in [0.2, 0.25) is 0 Å². The van der Waals surface area contributed by atoms with Crippen LogP contribution < -0.4 is 5.32 Å². The first-order chi connectivity index (χ1) is 9.29. The van der Waals surface area contributed by atoms with E-state index in [0.717, 1.165) is 24.9 Å². The fraction of sp³-hybridized carbons (Fsp3) is 0.625. The van der Waals surface area contributed by atoms with Gasteiger partial charge in [-0.25, -0.2) is 4.39 Å². The lowest BCUT2D eigenvalue weighted by molar-refractivity contribution is -0.0193. The molecular formula is C16H24FNO. The molecule has 0 aromatic heterocycles. The van der Waals surface area contributed by atoms with Crippen molar-refractivity contribution in [2.45, 2.75) is 50.7 Å². The summed E-state index contributed by atoms with van der Waals surface area (Å²) >= 11 is 0. The first kappa shape index (κ1) is 14.5. The van der Waals surface area contributed by atoms with Crippen LogP contribution >= 0.6 is 0 Å². The Balaban J connectivity index is 2.00. The minimum atomic E-state index is -0.193. The number of nitrogens with one attached hydrogen (secondary N) is 1. The predicted molar refractivity (Wildman–Crippen MR) is 75.6 cm³/mol. The molecule has 0 bridgehead atoms. The van der Waals surface area contributed by atoms with Gasteiger partial charge in [0.1, 0.15) is 5.82 Å². The van der Waals surface area contributed by atoms with E-state index >= 15 is 0 Å². The lowest BCUT2D eigenvalue weighted by Crippen LogP contribution is -2.24. The van der Waals surface area contributed by atoms with Crippen molar-refractivity contribution in [3.63, 3.8) is 0 Å². The summed E-state index contributed by atoms with van der Waals surface area (Å²) in [6.07, 6.45) is 7.86. The van der Waals surface area contributed by atoms with Crippen LogP contribution in [-0.4, -0.2) is 19.7 Å². The van der Waals surface area contributed by atoms with Gasteiger partial charge in [0.15, 0.2) is 0 Å². The highest BCUT2D eigenvalue weighted by Gasteiger charge is 2.19. The zero-order valence-electron chi connectivity index (χ0n) is 11.7. The Kier molecular flexibility index (Phi) is 5.80. The monoisotopic (exact) mass is 265 g/mol. The molecule has 1 atom stereocenters. The fourth-order valence-electron chi connectivity index (χ4n) is 2.72. The molecule has 1 fully saturated rings. The van der Waals surface area contributed by atoms with Gasteiger partial charge in [0, 0.05) is 6.54 Å². The molecule has 1 aromatic carbocycles. The Morgan fingerprint density at radius 3 is 2.37 bits per heavy atom. The molecule has 19 heavy (non-hydrogen) atoms. The lowest BCUT2D eigenvalue weighted by Gasteiger charge is -2.24. The van der Waals surface area contributed by atoms with Crippen LogP contribution in [0.2, 0.25) is 0 Å². The van der Waals surface area contributed by atoms with Gasteiger partial charge in [0.05, 0.1) is 12.2 Å². The number of hydrogen-bond acceptors (Lipinski definition) is 2. The lowest BCUT2D eigenvalue weighted by atomic mass is 10.1. The molecule has 2 rings (SSSR count). The van der Waals surface area contributed by atoms with E-state index < -0.39 is 0 Å². The second kappa shape index (κ2) is 7.61. The maximum atomic E-state index is 13.0. The van der Waals surface area contributed by atoms with Crippen molar-refractivity contribution in [2.75, 3.05) is 13.6 Å². The van der Waals surface area contributed by atoms with Gasteiger partial charge in [0.25, 0.3) is 0 Å². The minimum absolute atomic E-state index is 0.0219. The molecule has 1 aromatic rings. The number of benzene rings is 1. The number of halogens is 1. The normalized spacial score (nSPS) is 19.1. The largest absolute Gasteiger partial charge is 0.369 e. The summed E-state index contributed by atoms with van der Waals surface area (Å²) in [5.74, 6) is -0.193. The van der Waals surface area contributed by atoms with E-state index in [-0.39, 0.29) is 11.9 Å². The summed E-state index contributed by atoms with van der Waals surface area (Å²) in [6.45, 7) is 0.766. The van der Waals surface area contributed by atoms with Crippen LogP contribution in [0.5, 0.6) is 0 Å². The molecule has 0 aliphatic heterocycles. The Bertz CT molecular complexity index is 358. The quantitative estimate of drug-likeness (QED) is 0.817. The summed E-state index contributed by atoms with van der Waals surface area (Å²) in [4.78, 5) is 0. The molecule has 3 heteroatoms. The van der Waals surface area contributed by atoms with Crippen LogP contribution in [0.15, 0.2) is 24.3 Å². The molecule has 1 saturated carbocycles. The van der Waals surface area contributed by atoms with Crippen molar-refractivity contribution in [2.24, 2.45) is 0 Å². The molecule has 0 spiro atoms. The van der Waals surface area contributed by atoms with Gasteiger partial charge >= 0.3 is 0 Å². The average molecular weight is 265 g/mol. The molecule has 0 amide bonds. The van der Waals surface area contributed by atoms with Crippen LogP contribution in [0.3, 0.4) is 0 Å². The van der Waals surface area contributed by atoms with E-state index in [2.05, 4.69) is 5.32 Å². The number of hydrogen-bond donors (Lipinski definition) is 1. The average Bonchev–Trinajstić information content (AvgIpc) is 2.68. The molecule has 106 valence electrons. The second-order valence-electron chi connectivity index (χ2n) is 5.35. The van der Waals surface area contributed by atoms with E-state index in [4.69, 9.17) is 4.74 Å². The van der Waals surface area contributed by atoms with Crippen LogP contribution in [0, 0.1) is 5.82 Å². The van der Waals surface area contributed by atoms with Crippen LogP contribution in [-0.2, 0) is 4.74 Å². The van der Waals surface area contributed by atoms with Crippen molar-refractivity contribution in [1.82, 2.24) is 5.32 Å². The van der Waals surface area contributed by atoms with Crippen LogP contribution in [0.4, 0.5) is 4.39 Å². The molecule has 0 radical (unpaired) electrons. The highest BCUT2D eigenvalue weighted by molar-refractivity contribution is 5.19. The first-order valence-electron chi connectivity index (χ1n) is 7.35. The van der Waals surface area contributed by atoms with Crippen molar-refractivity contribution in [3.05, 3.63) is 35.6 Å². The van der Waals surface area contributed by atoms with Crippen molar-refractivity contribution in [3.8, 4) is 0 Å². The highest BCUT2D eigenvalue weighted by Crippen LogP contribution is 2.26. The molecule has 2 nitrogen and oxygen atoms in total. The zero-order valence-corrected chi connectivity index (χ0v) is 11.7. The van der Waals surface area contributed by atoms with E-state index in [0.29, 0.717) is 6.10 Å². The fourth-order valence-corrected chi connectivity index (χ4v) is 2.72. The van der Waals surface area contributed by atoms with Crippen molar-refractivity contribution in [1.29, 1.82) is 0 Å². The molecule has 1 aliphatic rings. The SMILES string of the molecule is CNCC(OC1CCCCCC1)c1ccc(F)cc1.